The van der Waals surface area contributed by atoms with Gasteiger partial charge in [-0.25, -0.2) is 14.8 Å². The van der Waals surface area contributed by atoms with Gasteiger partial charge < -0.3 is 14.8 Å². The number of benzene rings is 1. The standard InChI is InChI=1S/C22H28N6O/c1-3-18-6-8-19(9-7-18)25-22(29)27-14-11-26(12-15-27)13-16-28-17(2)24-20-5-4-10-23-21(20)28/h4-10H,3,11-16H2,1-2H3,(H,25,29). The van der Waals surface area contributed by atoms with Gasteiger partial charge in [0, 0.05) is 51.2 Å². The molecule has 29 heavy (non-hydrogen) atoms. The van der Waals surface area contributed by atoms with Crippen molar-refractivity contribution in [1.29, 1.82) is 0 Å². The van der Waals surface area contributed by atoms with Crippen LogP contribution in [0.4, 0.5) is 10.5 Å². The molecule has 0 saturated carbocycles. The molecule has 0 spiro atoms. The maximum Gasteiger partial charge on any atom is 0.321 e. The number of aromatic nitrogens is 3. The molecular formula is C22H28N6O. The Morgan fingerprint density at radius 1 is 1.07 bits per heavy atom. The fourth-order valence-electron chi connectivity index (χ4n) is 3.78. The number of piperazine rings is 1. The van der Waals surface area contributed by atoms with Gasteiger partial charge in [-0.1, -0.05) is 19.1 Å². The second kappa shape index (κ2) is 8.61. The highest BCUT2D eigenvalue weighted by Crippen LogP contribution is 2.14. The van der Waals surface area contributed by atoms with Gasteiger partial charge >= 0.3 is 6.03 Å². The van der Waals surface area contributed by atoms with E-state index in [-0.39, 0.29) is 6.03 Å². The summed E-state index contributed by atoms with van der Waals surface area (Å²) in [5, 5.41) is 3.01. The van der Waals surface area contributed by atoms with Crippen LogP contribution in [0, 0.1) is 6.92 Å². The topological polar surface area (TPSA) is 66.3 Å². The van der Waals surface area contributed by atoms with Crippen LogP contribution in [-0.4, -0.2) is 63.1 Å². The number of hydrogen-bond donors (Lipinski definition) is 1. The predicted octanol–water partition coefficient (Wildman–Crippen LogP) is 3.15. The number of pyridine rings is 1. The van der Waals surface area contributed by atoms with Crippen molar-refractivity contribution < 1.29 is 4.79 Å². The number of imidazole rings is 1. The van der Waals surface area contributed by atoms with Crippen LogP contribution < -0.4 is 5.32 Å². The van der Waals surface area contributed by atoms with Crippen molar-refractivity contribution in [2.24, 2.45) is 0 Å². The van der Waals surface area contributed by atoms with Gasteiger partial charge in [-0.15, -0.1) is 0 Å². The quantitative estimate of drug-likeness (QED) is 0.724. The average Bonchev–Trinajstić information content (AvgIpc) is 3.08. The van der Waals surface area contributed by atoms with E-state index in [2.05, 4.69) is 43.8 Å². The van der Waals surface area contributed by atoms with Crippen molar-refractivity contribution in [3.63, 3.8) is 0 Å². The highest BCUT2D eigenvalue weighted by Gasteiger charge is 2.21. The van der Waals surface area contributed by atoms with Crippen LogP contribution >= 0.6 is 0 Å². The molecule has 1 fully saturated rings. The van der Waals surface area contributed by atoms with Gasteiger partial charge in [0.25, 0.3) is 0 Å². The van der Waals surface area contributed by atoms with Crippen LogP contribution in [0.25, 0.3) is 11.2 Å². The number of urea groups is 1. The first-order valence-corrected chi connectivity index (χ1v) is 10.3. The van der Waals surface area contributed by atoms with Crippen LogP contribution in [0.5, 0.6) is 0 Å². The van der Waals surface area contributed by atoms with E-state index in [0.717, 1.165) is 68.4 Å². The number of fused-ring (bicyclic) bond motifs is 1. The van der Waals surface area contributed by atoms with Crippen molar-refractivity contribution >= 4 is 22.9 Å². The summed E-state index contributed by atoms with van der Waals surface area (Å²) in [6.45, 7) is 9.16. The van der Waals surface area contributed by atoms with Crippen LogP contribution in [0.2, 0.25) is 0 Å². The molecule has 1 aromatic carbocycles. The molecule has 0 bridgehead atoms. The molecule has 2 amide bonds. The number of nitrogens with one attached hydrogen (secondary N) is 1. The first kappa shape index (κ1) is 19.4. The summed E-state index contributed by atoms with van der Waals surface area (Å²) in [6, 6.07) is 12.0. The van der Waals surface area contributed by atoms with Gasteiger partial charge in [-0.2, -0.15) is 0 Å². The van der Waals surface area contributed by atoms with Crippen LogP contribution in [0.15, 0.2) is 42.6 Å². The minimum absolute atomic E-state index is 0.0189. The number of anilines is 1. The van der Waals surface area contributed by atoms with E-state index in [4.69, 9.17) is 0 Å². The van der Waals surface area contributed by atoms with Gasteiger partial charge in [0.1, 0.15) is 11.3 Å². The second-order valence-electron chi connectivity index (χ2n) is 7.47. The summed E-state index contributed by atoms with van der Waals surface area (Å²) in [5.41, 5.74) is 4.01. The number of rotatable bonds is 5. The summed E-state index contributed by atoms with van der Waals surface area (Å²) in [4.78, 5) is 25.9. The molecule has 1 aliphatic rings. The van der Waals surface area contributed by atoms with Gasteiger partial charge in [-0.05, 0) is 43.2 Å². The maximum absolute atomic E-state index is 12.5. The lowest BCUT2D eigenvalue weighted by molar-refractivity contribution is 0.144. The zero-order valence-corrected chi connectivity index (χ0v) is 17.1. The second-order valence-corrected chi connectivity index (χ2v) is 7.47. The van der Waals surface area contributed by atoms with E-state index in [0.29, 0.717) is 0 Å². The molecular weight excluding hydrogens is 364 g/mol. The van der Waals surface area contributed by atoms with Crippen molar-refractivity contribution in [3.05, 3.63) is 54.0 Å². The molecule has 7 nitrogen and oxygen atoms in total. The van der Waals surface area contributed by atoms with Crippen LogP contribution in [0.1, 0.15) is 18.3 Å². The third-order valence-electron chi connectivity index (χ3n) is 5.61. The third kappa shape index (κ3) is 4.40. The lowest BCUT2D eigenvalue weighted by Crippen LogP contribution is -2.50. The number of nitrogens with zero attached hydrogens (tertiary/aromatic N) is 5. The van der Waals surface area contributed by atoms with Crippen LogP contribution in [0.3, 0.4) is 0 Å². The molecule has 0 unspecified atom stereocenters. The highest BCUT2D eigenvalue weighted by molar-refractivity contribution is 5.89. The average molecular weight is 393 g/mol. The number of hydrogen-bond acceptors (Lipinski definition) is 4. The molecule has 1 aliphatic heterocycles. The number of aryl methyl sites for hydroxylation is 2. The smallest absolute Gasteiger partial charge is 0.321 e. The molecule has 0 aliphatic carbocycles. The number of carbonyl (C=O) groups excluding carboxylic acids is 1. The van der Waals surface area contributed by atoms with Crippen LogP contribution in [-0.2, 0) is 13.0 Å². The summed E-state index contributed by atoms with van der Waals surface area (Å²) in [6.07, 6.45) is 2.81. The van der Waals surface area contributed by atoms with E-state index in [1.807, 2.05) is 42.3 Å². The predicted molar refractivity (Wildman–Crippen MR) is 115 cm³/mol. The molecule has 1 N–H and O–H groups in total. The van der Waals surface area contributed by atoms with Crippen molar-refractivity contribution in [1.82, 2.24) is 24.3 Å². The normalized spacial score (nSPS) is 15.0. The maximum atomic E-state index is 12.5. The summed E-state index contributed by atoms with van der Waals surface area (Å²) in [7, 11) is 0. The fourth-order valence-corrected chi connectivity index (χ4v) is 3.78. The molecule has 7 heteroatoms. The third-order valence-corrected chi connectivity index (χ3v) is 5.61. The Hall–Kier alpha value is -2.93. The van der Waals surface area contributed by atoms with Gasteiger partial charge in [0.05, 0.1) is 0 Å². The largest absolute Gasteiger partial charge is 0.322 e. The fraction of sp³-hybridized carbons (Fsp3) is 0.409. The highest BCUT2D eigenvalue weighted by atomic mass is 16.2. The number of carbonyl (C=O) groups is 1. The molecule has 2 aromatic heterocycles. The molecule has 3 heterocycles. The Labute approximate surface area is 171 Å². The monoisotopic (exact) mass is 392 g/mol. The summed E-state index contributed by atoms with van der Waals surface area (Å²) in [5.74, 6) is 0.991. The molecule has 4 rings (SSSR count). The van der Waals surface area contributed by atoms with Gasteiger partial charge in [0.15, 0.2) is 5.65 Å². The van der Waals surface area contributed by atoms with Crippen molar-refractivity contribution in [2.45, 2.75) is 26.8 Å². The molecule has 0 atom stereocenters. The Morgan fingerprint density at radius 2 is 1.83 bits per heavy atom. The molecule has 1 saturated heterocycles. The molecule has 152 valence electrons. The minimum atomic E-state index is -0.0189. The Balaban J connectivity index is 1.27. The van der Waals surface area contributed by atoms with E-state index in [1.54, 1.807) is 0 Å². The van der Waals surface area contributed by atoms with Crippen molar-refractivity contribution in [3.8, 4) is 0 Å². The number of amides is 2. The Bertz CT molecular complexity index is 973. The minimum Gasteiger partial charge on any atom is -0.322 e. The first-order valence-electron chi connectivity index (χ1n) is 10.3. The van der Waals surface area contributed by atoms with E-state index < -0.39 is 0 Å². The summed E-state index contributed by atoms with van der Waals surface area (Å²) >= 11 is 0. The van der Waals surface area contributed by atoms with E-state index in [9.17, 15) is 4.79 Å². The zero-order valence-electron chi connectivity index (χ0n) is 17.1. The van der Waals surface area contributed by atoms with Crippen molar-refractivity contribution in [2.75, 3.05) is 38.0 Å². The van der Waals surface area contributed by atoms with E-state index in [1.165, 1.54) is 5.56 Å². The lowest BCUT2D eigenvalue weighted by Gasteiger charge is -2.34. The first-order chi connectivity index (χ1) is 14.1. The molecule has 3 aromatic rings. The lowest BCUT2D eigenvalue weighted by atomic mass is 10.1. The Morgan fingerprint density at radius 3 is 2.55 bits per heavy atom. The SMILES string of the molecule is CCc1ccc(NC(=O)N2CCN(CCn3c(C)nc4cccnc43)CC2)cc1. The van der Waals surface area contributed by atoms with Gasteiger partial charge in [0.2, 0.25) is 0 Å². The zero-order chi connectivity index (χ0) is 20.2. The molecule has 0 radical (unpaired) electrons. The Kier molecular flexibility index (Phi) is 5.76. The summed E-state index contributed by atoms with van der Waals surface area (Å²) < 4.78 is 2.17. The van der Waals surface area contributed by atoms with Gasteiger partial charge in [-0.3, -0.25) is 4.90 Å². The van der Waals surface area contributed by atoms with E-state index >= 15 is 0 Å².